The molecule has 0 amide bonds. The lowest BCUT2D eigenvalue weighted by Crippen LogP contribution is -2.39. The van der Waals surface area contributed by atoms with E-state index in [4.69, 9.17) is 0 Å². The average molecular weight is 383 g/mol. The number of hydrogen-bond acceptors (Lipinski definition) is 3. The summed E-state index contributed by atoms with van der Waals surface area (Å²) in [6.07, 6.45) is 0.900. The van der Waals surface area contributed by atoms with E-state index in [0.717, 1.165) is 19.5 Å². The van der Waals surface area contributed by atoms with Crippen molar-refractivity contribution in [3.8, 4) is 0 Å². The molecule has 26 heavy (non-hydrogen) atoms. The molecule has 0 aromatic heterocycles. The molecule has 0 radical (unpaired) electrons. The van der Waals surface area contributed by atoms with Crippen molar-refractivity contribution in [1.82, 2.24) is 15.4 Å². The highest BCUT2D eigenvalue weighted by atomic mass is 32.2. The molecule has 0 atom stereocenters. The molecule has 1 aromatic rings. The lowest BCUT2D eigenvalue weighted by molar-refractivity contribution is 0.583. The molecule has 7 heteroatoms. The molecule has 3 N–H and O–H groups in total. The number of aliphatic imine (C=N–C) groups is 1. The van der Waals surface area contributed by atoms with Crippen molar-refractivity contribution >= 4 is 16.0 Å². The number of hydrogen-bond donors (Lipinski definition) is 3. The van der Waals surface area contributed by atoms with E-state index in [2.05, 4.69) is 65.4 Å². The fraction of sp³-hybridized carbons (Fsp3) is 0.632. The van der Waals surface area contributed by atoms with Gasteiger partial charge in [0.25, 0.3) is 0 Å². The molecule has 1 rings (SSSR count). The Morgan fingerprint density at radius 2 is 1.69 bits per heavy atom. The maximum absolute atomic E-state index is 11.4. The van der Waals surface area contributed by atoms with Crippen LogP contribution in [0.4, 0.5) is 0 Å². The molecule has 0 aliphatic carbocycles. The number of nitrogens with one attached hydrogen (secondary N) is 3. The Morgan fingerprint density at radius 3 is 2.23 bits per heavy atom. The second-order valence-electron chi connectivity index (χ2n) is 7.18. The smallest absolute Gasteiger partial charge is 0.211 e. The van der Waals surface area contributed by atoms with E-state index in [1.54, 1.807) is 6.92 Å². The van der Waals surface area contributed by atoms with Crippen LogP contribution in [0.5, 0.6) is 0 Å². The van der Waals surface area contributed by atoms with Crippen LogP contribution in [0.15, 0.2) is 29.3 Å². The summed E-state index contributed by atoms with van der Waals surface area (Å²) < 4.78 is 25.3. The van der Waals surface area contributed by atoms with Crippen LogP contribution >= 0.6 is 0 Å². The van der Waals surface area contributed by atoms with E-state index in [9.17, 15) is 8.42 Å². The van der Waals surface area contributed by atoms with Crippen LogP contribution in [0.2, 0.25) is 0 Å². The van der Waals surface area contributed by atoms with Gasteiger partial charge >= 0.3 is 0 Å². The summed E-state index contributed by atoms with van der Waals surface area (Å²) in [6.45, 7) is 12.5. The van der Waals surface area contributed by atoms with Gasteiger partial charge in [0, 0.05) is 19.6 Å². The van der Waals surface area contributed by atoms with Gasteiger partial charge in [0.05, 0.1) is 12.3 Å². The molecule has 0 fully saturated rings. The Balaban J connectivity index is 2.46. The van der Waals surface area contributed by atoms with Crippen molar-refractivity contribution in [1.29, 1.82) is 0 Å². The van der Waals surface area contributed by atoms with Crippen molar-refractivity contribution < 1.29 is 8.42 Å². The zero-order chi connectivity index (χ0) is 19.6. The maximum Gasteiger partial charge on any atom is 0.211 e. The summed E-state index contributed by atoms with van der Waals surface area (Å²) in [4.78, 5) is 4.40. The van der Waals surface area contributed by atoms with Crippen LogP contribution in [0.1, 0.15) is 45.7 Å². The third kappa shape index (κ3) is 8.67. The molecule has 0 unspecified atom stereocenters. The fourth-order valence-corrected chi connectivity index (χ4v) is 2.92. The standard InChI is InChI=1S/C19H34N4O2S/c1-6-20-18(22-14-15-23-26(24,25)7-2)21-13-12-16-8-10-17(11-9-16)19(3,4)5/h8-11,23H,6-7,12-15H2,1-5H3,(H2,20,21,22). The first-order valence-corrected chi connectivity index (χ1v) is 10.9. The van der Waals surface area contributed by atoms with Crippen molar-refractivity contribution in [3.63, 3.8) is 0 Å². The minimum absolute atomic E-state index is 0.0863. The predicted molar refractivity (Wildman–Crippen MR) is 110 cm³/mol. The summed E-state index contributed by atoms with van der Waals surface area (Å²) in [5.74, 6) is 0.790. The summed E-state index contributed by atoms with van der Waals surface area (Å²) in [6, 6.07) is 8.72. The van der Waals surface area contributed by atoms with E-state index in [0.29, 0.717) is 19.0 Å². The first-order chi connectivity index (χ1) is 12.2. The summed E-state index contributed by atoms with van der Waals surface area (Å²) >= 11 is 0. The summed E-state index contributed by atoms with van der Waals surface area (Å²) in [7, 11) is -3.16. The van der Waals surface area contributed by atoms with Gasteiger partial charge in [0.2, 0.25) is 10.0 Å². The monoisotopic (exact) mass is 382 g/mol. The van der Waals surface area contributed by atoms with Crippen molar-refractivity contribution in [2.45, 2.75) is 46.5 Å². The number of sulfonamides is 1. The van der Waals surface area contributed by atoms with Crippen molar-refractivity contribution in [3.05, 3.63) is 35.4 Å². The Kier molecular flexibility index (Phi) is 9.08. The molecule has 6 nitrogen and oxygen atoms in total. The molecule has 0 saturated carbocycles. The first-order valence-electron chi connectivity index (χ1n) is 9.27. The Hall–Kier alpha value is -1.60. The first kappa shape index (κ1) is 22.4. The molecule has 1 aromatic carbocycles. The van der Waals surface area contributed by atoms with Crippen LogP contribution < -0.4 is 15.4 Å². The van der Waals surface area contributed by atoms with Crippen LogP contribution in [0.25, 0.3) is 0 Å². The lowest BCUT2D eigenvalue weighted by atomic mass is 9.86. The number of nitrogens with zero attached hydrogens (tertiary/aromatic N) is 1. The minimum Gasteiger partial charge on any atom is -0.357 e. The van der Waals surface area contributed by atoms with Crippen LogP contribution in [-0.2, 0) is 21.9 Å². The topological polar surface area (TPSA) is 82.6 Å². The van der Waals surface area contributed by atoms with E-state index in [-0.39, 0.29) is 11.2 Å². The van der Waals surface area contributed by atoms with E-state index in [1.807, 2.05) is 6.92 Å². The van der Waals surface area contributed by atoms with Gasteiger partial charge in [-0.1, -0.05) is 45.0 Å². The van der Waals surface area contributed by atoms with Crippen molar-refractivity contribution in [2.75, 3.05) is 31.9 Å². The van der Waals surface area contributed by atoms with E-state index >= 15 is 0 Å². The van der Waals surface area contributed by atoms with Gasteiger partial charge in [-0.15, -0.1) is 0 Å². The highest BCUT2D eigenvalue weighted by molar-refractivity contribution is 7.89. The van der Waals surface area contributed by atoms with Gasteiger partial charge in [-0.3, -0.25) is 4.99 Å². The summed E-state index contributed by atoms with van der Waals surface area (Å²) in [5, 5.41) is 6.46. The Morgan fingerprint density at radius 1 is 1.04 bits per heavy atom. The lowest BCUT2D eigenvalue weighted by Gasteiger charge is -2.19. The number of benzene rings is 1. The normalized spacial score (nSPS) is 12.9. The highest BCUT2D eigenvalue weighted by Gasteiger charge is 2.12. The largest absolute Gasteiger partial charge is 0.357 e. The van der Waals surface area contributed by atoms with Gasteiger partial charge < -0.3 is 10.6 Å². The summed E-state index contributed by atoms with van der Waals surface area (Å²) in [5.41, 5.74) is 2.77. The third-order valence-electron chi connectivity index (χ3n) is 3.95. The second kappa shape index (κ2) is 10.5. The van der Waals surface area contributed by atoms with Gasteiger partial charge in [0.1, 0.15) is 0 Å². The zero-order valence-corrected chi connectivity index (χ0v) is 17.5. The molecular weight excluding hydrogens is 348 g/mol. The highest BCUT2D eigenvalue weighted by Crippen LogP contribution is 2.22. The van der Waals surface area contributed by atoms with Crippen LogP contribution in [-0.4, -0.2) is 46.3 Å². The second-order valence-corrected chi connectivity index (χ2v) is 9.28. The molecule has 148 valence electrons. The van der Waals surface area contributed by atoms with E-state index < -0.39 is 10.0 Å². The predicted octanol–water partition coefficient (Wildman–Crippen LogP) is 2.02. The quantitative estimate of drug-likeness (QED) is 0.347. The third-order valence-corrected chi connectivity index (χ3v) is 5.36. The van der Waals surface area contributed by atoms with Gasteiger partial charge in [0.15, 0.2) is 5.96 Å². The molecular formula is C19H34N4O2S. The number of guanidine groups is 1. The Bertz CT molecular complexity index is 662. The molecule has 0 bridgehead atoms. The van der Waals surface area contributed by atoms with E-state index in [1.165, 1.54) is 11.1 Å². The molecule has 0 aliphatic rings. The molecule has 0 aliphatic heterocycles. The average Bonchev–Trinajstić information content (AvgIpc) is 2.58. The zero-order valence-electron chi connectivity index (χ0n) is 16.7. The molecule has 0 spiro atoms. The van der Waals surface area contributed by atoms with Gasteiger partial charge in [-0.25, -0.2) is 13.1 Å². The molecule has 0 saturated heterocycles. The fourth-order valence-electron chi connectivity index (χ4n) is 2.31. The van der Waals surface area contributed by atoms with Gasteiger partial charge in [-0.2, -0.15) is 0 Å². The Labute approximate surface area is 158 Å². The number of rotatable bonds is 9. The van der Waals surface area contributed by atoms with Gasteiger partial charge in [-0.05, 0) is 36.8 Å². The van der Waals surface area contributed by atoms with Crippen LogP contribution in [0.3, 0.4) is 0 Å². The minimum atomic E-state index is -3.16. The molecule has 0 heterocycles. The van der Waals surface area contributed by atoms with Crippen molar-refractivity contribution in [2.24, 2.45) is 4.99 Å². The SMILES string of the molecule is CCNC(=NCCNS(=O)(=O)CC)NCCc1ccc(C(C)(C)C)cc1. The van der Waals surface area contributed by atoms with Crippen LogP contribution in [0, 0.1) is 0 Å². The maximum atomic E-state index is 11.4.